The Balaban J connectivity index is 1.08. The van der Waals surface area contributed by atoms with Gasteiger partial charge in [0.25, 0.3) is 0 Å². The maximum Gasteiger partial charge on any atom is 0.0543 e. The van der Waals surface area contributed by atoms with Crippen LogP contribution in [0.3, 0.4) is 0 Å². The number of nitrogens with zero attached hydrogens (tertiary/aromatic N) is 1. The van der Waals surface area contributed by atoms with Crippen LogP contribution in [0.1, 0.15) is 25.0 Å². The van der Waals surface area contributed by atoms with E-state index in [4.69, 9.17) is 0 Å². The molecule has 0 bridgehead atoms. The normalized spacial score (nSPS) is 13.0. The lowest BCUT2D eigenvalue weighted by Gasteiger charge is -2.29. The maximum absolute atomic E-state index is 2.46. The zero-order chi connectivity index (χ0) is 37.4. The molecule has 11 rings (SSSR count). The Bertz CT molecular complexity index is 3150. The Hall–Kier alpha value is -6.96. The lowest BCUT2D eigenvalue weighted by Crippen LogP contribution is -2.16. The van der Waals surface area contributed by atoms with E-state index in [1.165, 1.54) is 93.3 Å². The molecule has 0 saturated heterocycles. The fraction of sp³-hybridized carbons (Fsp3) is 0.0545. The zero-order valence-corrected chi connectivity index (χ0v) is 31.5. The molecule has 0 unspecified atom stereocenters. The summed E-state index contributed by atoms with van der Waals surface area (Å²) in [7, 11) is 0. The molecule has 264 valence electrons. The van der Waals surface area contributed by atoms with Gasteiger partial charge >= 0.3 is 0 Å². The van der Waals surface area contributed by atoms with E-state index in [2.05, 4.69) is 219 Å². The molecule has 10 aromatic rings. The van der Waals surface area contributed by atoms with Crippen molar-refractivity contribution in [2.45, 2.75) is 19.3 Å². The van der Waals surface area contributed by atoms with Crippen molar-refractivity contribution in [3.05, 3.63) is 211 Å². The summed E-state index contributed by atoms with van der Waals surface area (Å²) in [6.45, 7) is 4.71. The summed E-state index contributed by atoms with van der Waals surface area (Å²) in [4.78, 5) is 2.46. The highest BCUT2D eigenvalue weighted by atomic mass is 15.1. The first-order chi connectivity index (χ1) is 27.5. The van der Waals surface area contributed by atoms with E-state index in [1.807, 2.05) is 0 Å². The van der Waals surface area contributed by atoms with Crippen LogP contribution >= 0.6 is 0 Å². The van der Waals surface area contributed by atoms with Crippen molar-refractivity contribution < 1.29 is 0 Å². The molecule has 0 radical (unpaired) electrons. The number of hydrogen-bond donors (Lipinski definition) is 0. The summed E-state index contributed by atoms with van der Waals surface area (Å²) < 4.78 is 0. The summed E-state index contributed by atoms with van der Waals surface area (Å²) in [5, 5.41) is 10.2. The molecule has 1 heteroatoms. The van der Waals surface area contributed by atoms with E-state index in [0.29, 0.717) is 0 Å². The van der Waals surface area contributed by atoms with Crippen molar-refractivity contribution in [1.29, 1.82) is 0 Å². The summed E-state index contributed by atoms with van der Waals surface area (Å²) in [5.41, 5.74) is 13.6. The fourth-order valence-electron chi connectivity index (χ4n) is 9.41. The number of benzene rings is 10. The SMILES string of the molecule is CC1(C)c2ccccc2-c2c(N(c3ccc(-c4ccc5ccccc5c4)cc3)c3ccc(-c4cc5c6ccccc6ccc5c5ccccc45)cc3)cccc21. The molecule has 0 fully saturated rings. The van der Waals surface area contributed by atoms with Gasteiger partial charge in [0.1, 0.15) is 0 Å². The first kappa shape index (κ1) is 32.5. The van der Waals surface area contributed by atoms with Crippen LogP contribution < -0.4 is 4.90 Å². The zero-order valence-electron chi connectivity index (χ0n) is 31.5. The Labute approximate surface area is 327 Å². The smallest absolute Gasteiger partial charge is 0.0543 e. The minimum atomic E-state index is -0.0985. The molecular weight excluding hydrogens is 675 g/mol. The molecule has 10 aromatic carbocycles. The van der Waals surface area contributed by atoms with Gasteiger partial charge in [0.2, 0.25) is 0 Å². The third kappa shape index (κ3) is 5.01. The number of rotatable bonds is 5. The molecule has 0 heterocycles. The highest BCUT2D eigenvalue weighted by molar-refractivity contribution is 6.21. The minimum absolute atomic E-state index is 0.0985. The molecule has 0 amide bonds. The predicted molar refractivity (Wildman–Crippen MR) is 240 cm³/mol. The molecular formula is C55H39N. The van der Waals surface area contributed by atoms with E-state index >= 15 is 0 Å². The van der Waals surface area contributed by atoms with Crippen LogP contribution in [0.4, 0.5) is 17.1 Å². The monoisotopic (exact) mass is 713 g/mol. The lowest BCUT2D eigenvalue weighted by atomic mass is 9.82. The fourth-order valence-corrected chi connectivity index (χ4v) is 9.41. The number of anilines is 3. The lowest BCUT2D eigenvalue weighted by molar-refractivity contribution is 0.660. The second kappa shape index (κ2) is 12.5. The van der Waals surface area contributed by atoms with Gasteiger partial charge in [-0.15, -0.1) is 0 Å². The Kier molecular flexibility index (Phi) is 7.28. The summed E-state index contributed by atoms with van der Waals surface area (Å²) in [6, 6.07) is 74.0. The highest BCUT2D eigenvalue weighted by Crippen LogP contribution is 2.54. The molecule has 1 nitrogen and oxygen atoms in total. The van der Waals surface area contributed by atoms with Gasteiger partial charge in [0.05, 0.1) is 5.69 Å². The molecule has 1 aliphatic rings. The third-order valence-electron chi connectivity index (χ3n) is 12.2. The van der Waals surface area contributed by atoms with Crippen LogP contribution in [0.5, 0.6) is 0 Å². The summed E-state index contributed by atoms with van der Waals surface area (Å²) in [6.07, 6.45) is 0. The third-order valence-corrected chi connectivity index (χ3v) is 12.2. The topological polar surface area (TPSA) is 3.24 Å². The highest BCUT2D eigenvalue weighted by Gasteiger charge is 2.37. The average Bonchev–Trinajstić information content (AvgIpc) is 3.50. The Morgan fingerprint density at radius 2 is 0.911 bits per heavy atom. The van der Waals surface area contributed by atoms with E-state index in [9.17, 15) is 0 Å². The van der Waals surface area contributed by atoms with Crippen LogP contribution in [0.15, 0.2) is 200 Å². The molecule has 0 N–H and O–H groups in total. The molecule has 1 aliphatic carbocycles. The van der Waals surface area contributed by atoms with E-state index < -0.39 is 0 Å². The predicted octanol–water partition coefficient (Wildman–Crippen LogP) is 15.4. The number of hydrogen-bond acceptors (Lipinski definition) is 1. The van der Waals surface area contributed by atoms with Gasteiger partial charge in [-0.1, -0.05) is 172 Å². The van der Waals surface area contributed by atoms with Crippen molar-refractivity contribution in [3.8, 4) is 33.4 Å². The van der Waals surface area contributed by atoms with Crippen molar-refractivity contribution in [1.82, 2.24) is 0 Å². The van der Waals surface area contributed by atoms with Crippen LogP contribution in [0, 0.1) is 0 Å². The molecule has 0 spiro atoms. The molecule has 0 aromatic heterocycles. The molecule has 0 aliphatic heterocycles. The second-order valence-corrected chi connectivity index (χ2v) is 15.7. The standard InChI is InChI=1S/C55H39N/c1-55(2)51-19-10-9-18-48(51)54-52(55)20-11-21-53(54)56(42-29-24-37(25-30-42)41-23-22-36-12-3-4-14-40(36)34-41)43-31-26-39(27-32-43)49-35-50-44-15-6-5-13-38(44)28-33-47(50)45-16-7-8-17-46(45)49/h3-35H,1-2H3. The van der Waals surface area contributed by atoms with Crippen molar-refractivity contribution in [3.63, 3.8) is 0 Å². The molecule has 0 atom stereocenters. The summed E-state index contributed by atoms with van der Waals surface area (Å²) in [5.74, 6) is 0. The summed E-state index contributed by atoms with van der Waals surface area (Å²) >= 11 is 0. The van der Waals surface area contributed by atoms with Gasteiger partial charge in [0, 0.05) is 22.4 Å². The first-order valence-corrected chi connectivity index (χ1v) is 19.6. The van der Waals surface area contributed by atoms with Crippen LogP contribution in [-0.4, -0.2) is 0 Å². The van der Waals surface area contributed by atoms with E-state index in [1.54, 1.807) is 0 Å². The van der Waals surface area contributed by atoms with Crippen LogP contribution in [-0.2, 0) is 5.41 Å². The van der Waals surface area contributed by atoms with E-state index in [-0.39, 0.29) is 5.41 Å². The van der Waals surface area contributed by atoms with Crippen molar-refractivity contribution >= 4 is 60.2 Å². The van der Waals surface area contributed by atoms with Gasteiger partial charge in [0.15, 0.2) is 0 Å². The second-order valence-electron chi connectivity index (χ2n) is 15.7. The van der Waals surface area contributed by atoms with Gasteiger partial charge in [-0.05, 0) is 124 Å². The largest absolute Gasteiger partial charge is 0.310 e. The van der Waals surface area contributed by atoms with Gasteiger partial charge in [-0.3, -0.25) is 0 Å². The quantitative estimate of drug-likeness (QED) is 0.161. The van der Waals surface area contributed by atoms with Gasteiger partial charge < -0.3 is 4.90 Å². The number of fused-ring (bicyclic) bond motifs is 9. The molecule has 56 heavy (non-hydrogen) atoms. The minimum Gasteiger partial charge on any atom is -0.310 e. The van der Waals surface area contributed by atoms with Crippen LogP contribution in [0.2, 0.25) is 0 Å². The van der Waals surface area contributed by atoms with Crippen molar-refractivity contribution in [2.75, 3.05) is 4.90 Å². The Morgan fingerprint density at radius 3 is 1.70 bits per heavy atom. The van der Waals surface area contributed by atoms with Gasteiger partial charge in [-0.2, -0.15) is 0 Å². The Morgan fingerprint density at radius 1 is 0.339 bits per heavy atom. The molecule has 0 saturated carbocycles. The van der Waals surface area contributed by atoms with Crippen molar-refractivity contribution in [2.24, 2.45) is 0 Å². The maximum atomic E-state index is 2.46. The van der Waals surface area contributed by atoms with Crippen LogP contribution in [0.25, 0.3) is 76.5 Å². The average molecular weight is 714 g/mol. The first-order valence-electron chi connectivity index (χ1n) is 19.6. The van der Waals surface area contributed by atoms with E-state index in [0.717, 1.165) is 11.4 Å². The van der Waals surface area contributed by atoms with Gasteiger partial charge in [-0.25, -0.2) is 0 Å².